The maximum Gasteiger partial charge on any atom is 0.311 e. The fraction of sp³-hybridized carbons (Fsp3) is 0.400. The van der Waals surface area contributed by atoms with Gasteiger partial charge in [0.15, 0.2) is 0 Å². The van der Waals surface area contributed by atoms with E-state index in [1.165, 1.54) is 10.4 Å². The van der Waals surface area contributed by atoms with Crippen LogP contribution in [0.15, 0.2) is 23.6 Å². The van der Waals surface area contributed by atoms with Crippen molar-refractivity contribution in [3.05, 3.63) is 50.7 Å². The van der Waals surface area contributed by atoms with Gasteiger partial charge in [-0.1, -0.05) is 12.1 Å². The number of hydrogen-bond donors (Lipinski definition) is 0. The molecule has 0 N–H and O–H groups in total. The van der Waals surface area contributed by atoms with Crippen LogP contribution in [0.3, 0.4) is 0 Å². The van der Waals surface area contributed by atoms with Gasteiger partial charge in [0.2, 0.25) is 5.91 Å². The summed E-state index contributed by atoms with van der Waals surface area (Å²) in [6, 6.07) is 6.04. The molecule has 1 amide bonds. The molecule has 0 saturated carbocycles. The van der Waals surface area contributed by atoms with E-state index in [4.69, 9.17) is 4.74 Å². The van der Waals surface area contributed by atoms with Gasteiger partial charge in [0.1, 0.15) is 5.75 Å². The van der Waals surface area contributed by atoms with Crippen molar-refractivity contribution in [2.45, 2.75) is 46.6 Å². The van der Waals surface area contributed by atoms with Crippen molar-refractivity contribution in [2.75, 3.05) is 6.54 Å². The van der Waals surface area contributed by atoms with Gasteiger partial charge in [-0.25, -0.2) is 0 Å². The summed E-state index contributed by atoms with van der Waals surface area (Å²) in [7, 11) is 0. The van der Waals surface area contributed by atoms with Crippen LogP contribution < -0.4 is 4.74 Å². The molecule has 0 aliphatic carbocycles. The lowest BCUT2D eigenvalue weighted by Crippen LogP contribution is -2.35. The van der Waals surface area contributed by atoms with Crippen LogP contribution >= 0.6 is 11.3 Å². The number of carbonyl (C=O) groups excluding carboxylic acids is 2. The Labute approximate surface area is 152 Å². The first kappa shape index (κ1) is 17.7. The quantitative estimate of drug-likeness (QED) is 0.615. The number of nitrogens with zero attached hydrogens (tertiary/aromatic N) is 1. The molecule has 5 heteroatoms. The van der Waals surface area contributed by atoms with Crippen LogP contribution in [0.4, 0.5) is 0 Å². The minimum atomic E-state index is -0.349. The summed E-state index contributed by atoms with van der Waals surface area (Å²) >= 11 is 1.75. The molecule has 1 aliphatic heterocycles. The standard InChI is InChI=1S/C20H23NO3S/c1-13-4-5-14(2)20(15(13)3)24-19(23)7-6-18(22)21-10-8-17-16(12-21)9-11-25-17/h4-5,9,11H,6-8,10,12H2,1-3H3. The highest BCUT2D eigenvalue weighted by Crippen LogP contribution is 2.27. The lowest BCUT2D eigenvalue weighted by Gasteiger charge is -2.27. The van der Waals surface area contributed by atoms with Gasteiger partial charge in [-0.3, -0.25) is 9.59 Å². The third-order valence-corrected chi connectivity index (χ3v) is 5.82. The van der Waals surface area contributed by atoms with Crippen LogP contribution in [0.25, 0.3) is 0 Å². The van der Waals surface area contributed by atoms with Gasteiger partial charge in [-0.2, -0.15) is 0 Å². The Bertz CT molecular complexity index is 809. The van der Waals surface area contributed by atoms with Crippen molar-refractivity contribution in [3.8, 4) is 5.75 Å². The van der Waals surface area contributed by atoms with Crippen LogP contribution in [-0.2, 0) is 22.6 Å². The summed E-state index contributed by atoms with van der Waals surface area (Å²) in [5.41, 5.74) is 4.23. The Kier molecular flexibility index (Phi) is 5.23. The molecule has 0 unspecified atom stereocenters. The molecular weight excluding hydrogens is 334 g/mol. The van der Waals surface area contributed by atoms with E-state index in [2.05, 4.69) is 11.4 Å². The van der Waals surface area contributed by atoms with E-state index in [1.54, 1.807) is 11.3 Å². The van der Waals surface area contributed by atoms with Crippen LogP contribution in [0.1, 0.15) is 40.0 Å². The van der Waals surface area contributed by atoms with E-state index in [1.807, 2.05) is 37.8 Å². The van der Waals surface area contributed by atoms with Crippen molar-refractivity contribution in [1.82, 2.24) is 4.90 Å². The Morgan fingerprint density at radius 1 is 1.12 bits per heavy atom. The zero-order chi connectivity index (χ0) is 18.0. The molecular formula is C20H23NO3S. The highest BCUT2D eigenvalue weighted by Gasteiger charge is 2.22. The van der Waals surface area contributed by atoms with Gasteiger partial charge in [-0.05, 0) is 60.9 Å². The largest absolute Gasteiger partial charge is 0.426 e. The molecule has 0 bridgehead atoms. The summed E-state index contributed by atoms with van der Waals surface area (Å²) in [4.78, 5) is 27.8. The first-order valence-corrected chi connectivity index (χ1v) is 9.44. The van der Waals surface area contributed by atoms with Crippen LogP contribution in [0.2, 0.25) is 0 Å². The minimum absolute atomic E-state index is 0.0199. The molecule has 25 heavy (non-hydrogen) atoms. The number of carbonyl (C=O) groups is 2. The van der Waals surface area contributed by atoms with Gasteiger partial charge in [0.05, 0.1) is 6.42 Å². The molecule has 2 heterocycles. The third kappa shape index (κ3) is 3.93. The van der Waals surface area contributed by atoms with E-state index in [0.29, 0.717) is 12.3 Å². The first-order chi connectivity index (χ1) is 12.0. The second-order valence-corrected chi connectivity index (χ2v) is 7.56. The van der Waals surface area contributed by atoms with E-state index < -0.39 is 0 Å². The normalized spacial score (nSPS) is 13.5. The summed E-state index contributed by atoms with van der Waals surface area (Å²) in [6.07, 6.45) is 1.21. The van der Waals surface area contributed by atoms with E-state index >= 15 is 0 Å². The topological polar surface area (TPSA) is 46.6 Å². The number of ether oxygens (including phenoxy) is 1. The number of rotatable bonds is 4. The first-order valence-electron chi connectivity index (χ1n) is 8.56. The highest BCUT2D eigenvalue weighted by molar-refractivity contribution is 7.10. The predicted octanol–water partition coefficient (Wildman–Crippen LogP) is 3.94. The Morgan fingerprint density at radius 3 is 2.68 bits per heavy atom. The van der Waals surface area contributed by atoms with E-state index in [0.717, 1.165) is 29.7 Å². The molecule has 0 fully saturated rings. The summed E-state index contributed by atoms with van der Waals surface area (Å²) < 4.78 is 5.53. The van der Waals surface area contributed by atoms with Gasteiger partial charge in [0, 0.05) is 24.4 Å². The Balaban J connectivity index is 1.55. The van der Waals surface area contributed by atoms with Gasteiger partial charge in [-0.15, -0.1) is 11.3 Å². The number of benzene rings is 1. The number of fused-ring (bicyclic) bond motifs is 1. The molecule has 4 nitrogen and oxygen atoms in total. The monoisotopic (exact) mass is 357 g/mol. The molecule has 1 aromatic heterocycles. The zero-order valence-electron chi connectivity index (χ0n) is 14.9. The van der Waals surface area contributed by atoms with Crippen LogP contribution in [0.5, 0.6) is 5.75 Å². The lowest BCUT2D eigenvalue weighted by molar-refractivity contribution is -0.139. The summed E-state index contributed by atoms with van der Waals surface area (Å²) in [5, 5.41) is 2.07. The molecule has 0 radical (unpaired) electrons. The molecule has 1 aromatic carbocycles. The molecule has 0 saturated heterocycles. The molecule has 1 aliphatic rings. The second-order valence-electron chi connectivity index (χ2n) is 6.56. The van der Waals surface area contributed by atoms with Crippen molar-refractivity contribution in [1.29, 1.82) is 0 Å². The smallest absolute Gasteiger partial charge is 0.311 e. The fourth-order valence-corrected chi connectivity index (χ4v) is 3.97. The Hall–Kier alpha value is -2.14. The summed E-state index contributed by atoms with van der Waals surface area (Å²) in [5.74, 6) is 0.295. The number of aryl methyl sites for hydroxylation is 2. The maximum absolute atomic E-state index is 12.4. The molecule has 132 valence electrons. The van der Waals surface area contributed by atoms with E-state index in [9.17, 15) is 9.59 Å². The van der Waals surface area contributed by atoms with Gasteiger partial charge < -0.3 is 9.64 Å². The van der Waals surface area contributed by atoms with E-state index in [-0.39, 0.29) is 24.7 Å². The highest BCUT2D eigenvalue weighted by atomic mass is 32.1. The average molecular weight is 357 g/mol. The molecule has 3 rings (SSSR count). The van der Waals surface area contributed by atoms with Crippen LogP contribution in [-0.4, -0.2) is 23.3 Å². The SMILES string of the molecule is Cc1ccc(C)c(OC(=O)CCC(=O)N2CCc3sccc3C2)c1C. The third-order valence-electron chi connectivity index (χ3n) is 4.79. The Morgan fingerprint density at radius 2 is 1.88 bits per heavy atom. The van der Waals surface area contributed by atoms with Crippen molar-refractivity contribution in [3.63, 3.8) is 0 Å². The fourth-order valence-electron chi connectivity index (χ4n) is 3.08. The van der Waals surface area contributed by atoms with Crippen molar-refractivity contribution < 1.29 is 14.3 Å². The molecule has 0 spiro atoms. The minimum Gasteiger partial charge on any atom is -0.426 e. The second kappa shape index (κ2) is 7.40. The number of hydrogen-bond acceptors (Lipinski definition) is 4. The predicted molar refractivity (Wildman–Crippen MR) is 99.0 cm³/mol. The van der Waals surface area contributed by atoms with Gasteiger partial charge in [0.25, 0.3) is 0 Å². The maximum atomic E-state index is 12.4. The van der Waals surface area contributed by atoms with Gasteiger partial charge >= 0.3 is 5.97 Å². The zero-order valence-corrected chi connectivity index (χ0v) is 15.7. The molecule has 2 aromatic rings. The van der Waals surface area contributed by atoms with Crippen molar-refractivity contribution in [2.24, 2.45) is 0 Å². The summed E-state index contributed by atoms with van der Waals surface area (Å²) in [6.45, 7) is 7.25. The number of thiophene rings is 1. The number of esters is 1. The lowest BCUT2D eigenvalue weighted by atomic mass is 10.1. The molecule has 0 atom stereocenters. The average Bonchev–Trinajstić information content (AvgIpc) is 3.07. The van der Waals surface area contributed by atoms with Crippen LogP contribution in [0, 0.1) is 20.8 Å². The van der Waals surface area contributed by atoms with Crippen molar-refractivity contribution >= 4 is 23.2 Å². The number of amides is 1.